The summed E-state index contributed by atoms with van der Waals surface area (Å²) in [6.45, 7) is 0. The third-order valence-electron chi connectivity index (χ3n) is 0.903. The van der Waals surface area contributed by atoms with E-state index in [0.717, 1.165) is 4.58 Å². The van der Waals surface area contributed by atoms with Crippen molar-refractivity contribution in [3.05, 3.63) is 0 Å². The van der Waals surface area contributed by atoms with Gasteiger partial charge in [0.05, 0.1) is 4.58 Å². The van der Waals surface area contributed by atoms with Crippen LogP contribution in [0.4, 0.5) is 0 Å². The summed E-state index contributed by atoms with van der Waals surface area (Å²) in [6, 6.07) is 0. The van der Waals surface area contributed by atoms with Gasteiger partial charge in [-0.15, -0.1) is 23.4 Å². The van der Waals surface area contributed by atoms with E-state index in [-0.39, 0.29) is 0 Å². The minimum atomic E-state index is 0.747. The van der Waals surface area contributed by atoms with Crippen LogP contribution in [-0.4, -0.2) is 21.8 Å². The highest BCUT2D eigenvalue weighted by Gasteiger charge is 2.11. The lowest BCUT2D eigenvalue weighted by Gasteiger charge is -2.17. The van der Waals surface area contributed by atoms with Crippen molar-refractivity contribution >= 4 is 46.0 Å². The fraction of sp³-hybridized carbons (Fsp3) is 1.00. The first-order valence-corrected chi connectivity index (χ1v) is 6.56. The first-order chi connectivity index (χ1) is 3.93. The Hall–Kier alpha value is 1.40. The molecule has 0 aromatic rings. The molecule has 1 atom stereocenters. The van der Waals surface area contributed by atoms with Crippen LogP contribution in [0.2, 0.25) is 0 Å². The molecule has 0 bridgehead atoms. The first-order valence-electron chi connectivity index (χ1n) is 2.43. The highest BCUT2D eigenvalue weighted by Crippen LogP contribution is 2.33. The molecular weight excluding hydrogens is 176 g/mol. The molecule has 0 aromatic carbocycles. The lowest BCUT2D eigenvalue weighted by atomic mass is 10.9. The van der Waals surface area contributed by atoms with Crippen LogP contribution in [0.3, 0.4) is 0 Å². The van der Waals surface area contributed by atoms with Crippen LogP contribution in [0.25, 0.3) is 0 Å². The van der Waals surface area contributed by atoms with Crippen LogP contribution in [0, 0.1) is 0 Å². The Labute approximate surface area is 67.8 Å². The predicted molar refractivity (Wildman–Crippen MR) is 50.1 cm³/mol. The highest BCUT2D eigenvalue weighted by molar-refractivity contribution is 8.70. The lowest BCUT2D eigenvalue weighted by Crippen LogP contribution is -2.07. The Bertz CT molecular complexity index is 59.1. The average Bonchev–Trinajstić information content (AvgIpc) is 1.90. The van der Waals surface area contributed by atoms with E-state index < -0.39 is 0 Å². The predicted octanol–water partition coefficient (Wildman–Crippen LogP) is 2.37. The quantitative estimate of drug-likeness (QED) is 0.491. The molecule has 0 radical (unpaired) electrons. The molecule has 0 aliphatic carbocycles. The minimum Gasteiger partial charge on any atom is -0.159 e. The highest BCUT2D eigenvalue weighted by atomic mass is 33.1. The molecule has 1 saturated heterocycles. The monoisotopic (exact) mass is 184 g/mol. The molecule has 0 saturated carbocycles. The van der Waals surface area contributed by atoms with Crippen molar-refractivity contribution in [1.82, 2.24) is 0 Å². The maximum absolute atomic E-state index is 4.15. The van der Waals surface area contributed by atoms with E-state index in [9.17, 15) is 0 Å². The number of hydrogen-bond donors (Lipinski definition) is 1. The van der Waals surface area contributed by atoms with Gasteiger partial charge < -0.3 is 0 Å². The fourth-order valence-electron chi connectivity index (χ4n) is 0.527. The van der Waals surface area contributed by atoms with E-state index in [2.05, 4.69) is 11.7 Å². The minimum absolute atomic E-state index is 0.747. The number of thioether (sulfide) groups is 2. The van der Waals surface area contributed by atoms with Crippen LogP contribution < -0.4 is 0 Å². The Morgan fingerprint density at radius 1 is 1.50 bits per heavy atom. The molecule has 1 unspecified atom stereocenters. The summed E-state index contributed by atoms with van der Waals surface area (Å²) >= 11 is 8.21. The molecule has 4 heteroatoms. The van der Waals surface area contributed by atoms with E-state index >= 15 is 0 Å². The van der Waals surface area contributed by atoms with E-state index in [0.29, 0.717) is 0 Å². The summed E-state index contributed by atoms with van der Waals surface area (Å²) < 4.78 is 0.747. The van der Waals surface area contributed by atoms with Crippen molar-refractivity contribution in [2.75, 3.05) is 17.3 Å². The largest absolute Gasteiger partial charge is 0.159 e. The molecule has 1 aliphatic heterocycles. The smallest absolute Gasteiger partial charge is 0.0694 e. The Kier molecular flexibility index (Phi) is 3.99. The zero-order chi connectivity index (χ0) is 5.82. The van der Waals surface area contributed by atoms with Crippen molar-refractivity contribution in [1.29, 1.82) is 0 Å². The molecule has 0 spiro atoms. The van der Waals surface area contributed by atoms with Gasteiger partial charge in [0.1, 0.15) is 0 Å². The average molecular weight is 184 g/mol. The Morgan fingerprint density at radius 2 is 2.38 bits per heavy atom. The third kappa shape index (κ3) is 2.33. The molecule has 0 aromatic heterocycles. The van der Waals surface area contributed by atoms with Gasteiger partial charge in [0.25, 0.3) is 0 Å². The fourth-order valence-corrected chi connectivity index (χ4v) is 4.84. The van der Waals surface area contributed by atoms with Gasteiger partial charge >= 0.3 is 0 Å². The Balaban J connectivity index is 2.13. The van der Waals surface area contributed by atoms with Gasteiger partial charge in [-0.25, -0.2) is 0 Å². The van der Waals surface area contributed by atoms with Crippen LogP contribution in [0.5, 0.6) is 0 Å². The van der Waals surface area contributed by atoms with Crippen LogP contribution in [-0.2, 0) is 0 Å². The maximum Gasteiger partial charge on any atom is 0.0694 e. The summed E-state index contributed by atoms with van der Waals surface area (Å²) in [4.78, 5) is 0. The van der Waals surface area contributed by atoms with E-state index in [1.165, 1.54) is 17.3 Å². The second-order valence-electron chi connectivity index (χ2n) is 1.48. The summed E-state index contributed by atoms with van der Waals surface area (Å²) in [7, 11) is 1.68. The van der Waals surface area contributed by atoms with Crippen molar-refractivity contribution in [2.45, 2.75) is 4.58 Å². The van der Waals surface area contributed by atoms with E-state index in [1.807, 2.05) is 23.5 Å². The molecule has 1 aliphatic rings. The second kappa shape index (κ2) is 4.25. The van der Waals surface area contributed by atoms with Crippen molar-refractivity contribution in [2.24, 2.45) is 0 Å². The van der Waals surface area contributed by atoms with E-state index in [1.54, 1.807) is 10.8 Å². The molecule has 0 N–H and O–H groups in total. The molecule has 0 amide bonds. The molecule has 8 heavy (non-hydrogen) atoms. The lowest BCUT2D eigenvalue weighted by molar-refractivity contribution is 1.38. The normalized spacial score (nSPS) is 30.4. The number of rotatable bonds is 1. The van der Waals surface area contributed by atoms with Crippen LogP contribution >= 0.6 is 46.0 Å². The van der Waals surface area contributed by atoms with E-state index in [4.69, 9.17) is 0 Å². The van der Waals surface area contributed by atoms with Crippen molar-refractivity contribution < 1.29 is 0 Å². The van der Waals surface area contributed by atoms with Crippen LogP contribution in [0.15, 0.2) is 0 Å². The van der Waals surface area contributed by atoms with Gasteiger partial charge in [-0.3, -0.25) is 0 Å². The number of hydrogen-bond acceptors (Lipinski definition) is 4. The maximum atomic E-state index is 4.15. The van der Waals surface area contributed by atoms with Crippen LogP contribution in [0.1, 0.15) is 0 Å². The standard InChI is InChI=1S/C4H8S4/c5-8-4-3-6-1-2-7-4/h4-5H,1-3H2. The van der Waals surface area contributed by atoms with Crippen molar-refractivity contribution in [3.8, 4) is 0 Å². The summed E-state index contributed by atoms with van der Waals surface area (Å²) in [5.41, 5.74) is 0. The zero-order valence-corrected chi connectivity index (χ0v) is 7.71. The van der Waals surface area contributed by atoms with Gasteiger partial charge in [0.15, 0.2) is 0 Å². The molecule has 1 fully saturated rings. The van der Waals surface area contributed by atoms with Gasteiger partial charge in [-0.05, 0) is 0 Å². The Morgan fingerprint density at radius 3 is 2.75 bits per heavy atom. The molecule has 48 valence electrons. The summed E-state index contributed by atoms with van der Waals surface area (Å²) in [5, 5.41) is 0. The second-order valence-corrected chi connectivity index (χ2v) is 5.65. The SMILES string of the molecule is SSC1CSCCS1. The number of thiol groups is 1. The zero-order valence-electron chi connectivity index (χ0n) is 4.37. The molecular formula is C4H8S4. The molecule has 0 nitrogen and oxygen atoms in total. The van der Waals surface area contributed by atoms with Gasteiger partial charge in [-0.1, -0.05) is 10.8 Å². The molecule has 1 heterocycles. The van der Waals surface area contributed by atoms with Gasteiger partial charge in [0, 0.05) is 17.3 Å². The summed E-state index contributed by atoms with van der Waals surface area (Å²) in [6.07, 6.45) is 0. The first kappa shape index (κ1) is 7.51. The van der Waals surface area contributed by atoms with Crippen molar-refractivity contribution in [3.63, 3.8) is 0 Å². The third-order valence-corrected chi connectivity index (χ3v) is 5.91. The van der Waals surface area contributed by atoms with Gasteiger partial charge in [0.2, 0.25) is 0 Å². The van der Waals surface area contributed by atoms with Gasteiger partial charge in [-0.2, -0.15) is 11.8 Å². The summed E-state index contributed by atoms with van der Waals surface area (Å²) in [5.74, 6) is 3.91. The topological polar surface area (TPSA) is 0 Å². The molecule has 1 rings (SSSR count).